The van der Waals surface area contributed by atoms with Crippen LogP contribution in [0.4, 0.5) is 0 Å². The molecule has 0 aromatic heterocycles. The van der Waals surface area contributed by atoms with E-state index in [-0.39, 0.29) is 23.8 Å². The van der Waals surface area contributed by atoms with E-state index >= 15 is 0 Å². The molecule has 6 nitrogen and oxygen atoms in total. The molecule has 1 saturated heterocycles. The molecule has 3 rings (SSSR count). The summed E-state index contributed by atoms with van der Waals surface area (Å²) in [6, 6.07) is 17.9. The quantitative estimate of drug-likeness (QED) is 0.538. The van der Waals surface area contributed by atoms with Gasteiger partial charge in [0, 0.05) is 31.6 Å². The minimum absolute atomic E-state index is 0.00216. The summed E-state index contributed by atoms with van der Waals surface area (Å²) in [5, 5.41) is 3.19. The Morgan fingerprint density at radius 1 is 1.09 bits per heavy atom. The second kappa shape index (κ2) is 12.9. The Morgan fingerprint density at radius 3 is 2.44 bits per heavy atom. The fraction of sp³-hybridized carbons (Fsp3) is 0.429. The number of rotatable bonds is 10. The van der Waals surface area contributed by atoms with E-state index in [0.29, 0.717) is 32.5 Å². The third-order valence-electron chi connectivity index (χ3n) is 6.60. The van der Waals surface area contributed by atoms with Crippen molar-refractivity contribution in [2.75, 3.05) is 39.8 Å². The Hall–Kier alpha value is -3.12. The van der Waals surface area contributed by atoms with Gasteiger partial charge in [-0.15, -0.1) is 0 Å². The Balaban J connectivity index is 1.53. The van der Waals surface area contributed by atoms with E-state index in [1.54, 1.807) is 13.2 Å². The molecule has 0 bridgehead atoms. The average Bonchev–Trinajstić information content (AvgIpc) is 2.90. The minimum Gasteiger partial charge on any atom is -0.497 e. The molecule has 0 aliphatic carbocycles. The molecule has 6 heteroatoms. The summed E-state index contributed by atoms with van der Waals surface area (Å²) in [6.07, 6.45) is 4.84. The standard InChI is InChI=1S/C28H37N3O3/c1-4-30(5-2)26(24-12-9-13-25(20-24)34-3)21-29-28(33)23-16-18-31(19-17-23)27(32)15-14-22-10-7-6-8-11-22/h6-15,20,23,26H,4-5,16-19,21H2,1-3H3,(H,29,33)/b15-14+. The van der Waals surface area contributed by atoms with Gasteiger partial charge < -0.3 is 15.0 Å². The van der Waals surface area contributed by atoms with E-state index in [2.05, 4.69) is 30.1 Å². The fourth-order valence-electron chi connectivity index (χ4n) is 4.51. The lowest BCUT2D eigenvalue weighted by atomic mass is 9.95. The lowest BCUT2D eigenvalue weighted by Crippen LogP contribution is -2.44. The van der Waals surface area contributed by atoms with Crippen molar-refractivity contribution in [3.63, 3.8) is 0 Å². The zero-order chi connectivity index (χ0) is 24.3. The summed E-state index contributed by atoms with van der Waals surface area (Å²) in [5.41, 5.74) is 2.14. The van der Waals surface area contributed by atoms with Crippen molar-refractivity contribution in [3.05, 3.63) is 71.8 Å². The van der Waals surface area contributed by atoms with Crippen LogP contribution in [0.15, 0.2) is 60.7 Å². The molecule has 0 spiro atoms. The number of likely N-dealkylation sites (N-methyl/N-ethyl adjacent to an activating group) is 1. The molecule has 1 aliphatic heterocycles. The molecule has 2 amide bonds. The Bertz CT molecular complexity index is 948. The highest BCUT2D eigenvalue weighted by Gasteiger charge is 2.27. The van der Waals surface area contributed by atoms with Crippen molar-refractivity contribution in [1.29, 1.82) is 0 Å². The summed E-state index contributed by atoms with van der Waals surface area (Å²) in [4.78, 5) is 29.7. The van der Waals surface area contributed by atoms with E-state index in [1.165, 1.54) is 0 Å². The van der Waals surface area contributed by atoms with Crippen LogP contribution in [0.2, 0.25) is 0 Å². The maximum atomic E-state index is 13.0. The van der Waals surface area contributed by atoms with Crippen molar-refractivity contribution in [2.45, 2.75) is 32.7 Å². The molecule has 1 unspecified atom stereocenters. The number of methoxy groups -OCH3 is 1. The fourth-order valence-corrected chi connectivity index (χ4v) is 4.51. The van der Waals surface area contributed by atoms with Crippen molar-refractivity contribution in [2.24, 2.45) is 5.92 Å². The molecule has 1 fully saturated rings. The highest BCUT2D eigenvalue weighted by atomic mass is 16.5. The van der Waals surface area contributed by atoms with Crippen LogP contribution in [-0.4, -0.2) is 61.4 Å². The number of carbonyl (C=O) groups is 2. The molecule has 182 valence electrons. The first-order valence-corrected chi connectivity index (χ1v) is 12.2. The van der Waals surface area contributed by atoms with E-state index in [0.717, 1.165) is 30.0 Å². The van der Waals surface area contributed by atoms with Gasteiger partial charge in [-0.05, 0) is 55.3 Å². The molecular formula is C28H37N3O3. The molecule has 1 atom stereocenters. The van der Waals surface area contributed by atoms with Gasteiger partial charge in [-0.25, -0.2) is 0 Å². The van der Waals surface area contributed by atoms with Gasteiger partial charge >= 0.3 is 0 Å². The predicted octanol–water partition coefficient (Wildman–Crippen LogP) is 4.15. The van der Waals surface area contributed by atoms with Gasteiger partial charge in [-0.2, -0.15) is 0 Å². The third kappa shape index (κ3) is 6.94. The van der Waals surface area contributed by atoms with Crippen LogP contribution in [0.3, 0.4) is 0 Å². The van der Waals surface area contributed by atoms with Gasteiger partial charge in [0.2, 0.25) is 11.8 Å². The van der Waals surface area contributed by atoms with E-state index in [4.69, 9.17) is 4.74 Å². The summed E-state index contributed by atoms with van der Waals surface area (Å²) in [7, 11) is 1.67. The molecule has 1 N–H and O–H groups in total. The number of ether oxygens (including phenoxy) is 1. The number of benzene rings is 2. The minimum atomic E-state index is -0.0650. The summed E-state index contributed by atoms with van der Waals surface area (Å²) in [6.45, 7) is 7.81. The van der Waals surface area contributed by atoms with Crippen LogP contribution in [0.1, 0.15) is 43.9 Å². The molecule has 0 saturated carbocycles. The summed E-state index contributed by atoms with van der Waals surface area (Å²) >= 11 is 0. The van der Waals surface area contributed by atoms with E-state index in [1.807, 2.05) is 59.5 Å². The zero-order valence-electron chi connectivity index (χ0n) is 20.6. The maximum absolute atomic E-state index is 13.0. The topological polar surface area (TPSA) is 61.9 Å². The van der Waals surface area contributed by atoms with Gasteiger partial charge in [-0.3, -0.25) is 14.5 Å². The van der Waals surface area contributed by atoms with E-state index in [9.17, 15) is 9.59 Å². The third-order valence-corrected chi connectivity index (χ3v) is 6.60. The maximum Gasteiger partial charge on any atom is 0.246 e. The van der Waals surface area contributed by atoms with Gasteiger partial charge in [-0.1, -0.05) is 56.3 Å². The van der Waals surface area contributed by atoms with Crippen molar-refractivity contribution in [1.82, 2.24) is 15.1 Å². The monoisotopic (exact) mass is 463 g/mol. The number of amides is 2. The number of nitrogens with zero attached hydrogens (tertiary/aromatic N) is 2. The number of nitrogens with one attached hydrogen (secondary N) is 1. The average molecular weight is 464 g/mol. The van der Waals surface area contributed by atoms with Gasteiger partial charge in [0.25, 0.3) is 0 Å². The first-order chi connectivity index (χ1) is 16.5. The van der Waals surface area contributed by atoms with Gasteiger partial charge in [0.15, 0.2) is 0 Å². The Kier molecular flexibility index (Phi) is 9.71. The van der Waals surface area contributed by atoms with Crippen LogP contribution < -0.4 is 10.1 Å². The van der Waals surface area contributed by atoms with Gasteiger partial charge in [0.05, 0.1) is 13.2 Å². The predicted molar refractivity (Wildman–Crippen MR) is 136 cm³/mol. The van der Waals surface area contributed by atoms with Crippen molar-refractivity contribution >= 4 is 17.9 Å². The molecule has 1 heterocycles. The molecule has 2 aromatic carbocycles. The number of hydrogen-bond acceptors (Lipinski definition) is 4. The van der Waals surface area contributed by atoms with Crippen LogP contribution >= 0.6 is 0 Å². The SMILES string of the molecule is CCN(CC)C(CNC(=O)C1CCN(C(=O)/C=C/c2ccccc2)CC1)c1cccc(OC)c1. The molecule has 1 aliphatic rings. The second-order valence-corrected chi connectivity index (χ2v) is 8.60. The second-order valence-electron chi connectivity index (χ2n) is 8.60. The highest BCUT2D eigenvalue weighted by molar-refractivity contribution is 5.92. The summed E-state index contributed by atoms with van der Waals surface area (Å²) < 4.78 is 5.40. The lowest BCUT2D eigenvalue weighted by molar-refractivity contribution is -0.132. The summed E-state index contributed by atoms with van der Waals surface area (Å²) in [5.74, 6) is 0.832. The largest absolute Gasteiger partial charge is 0.497 e. The van der Waals surface area contributed by atoms with Crippen molar-refractivity contribution in [3.8, 4) is 5.75 Å². The normalized spacial score (nSPS) is 15.5. The zero-order valence-corrected chi connectivity index (χ0v) is 20.6. The van der Waals surface area contributed by atoms with Crippen LogP contribution in [0, 0.1) is 5.92 Å². The van der Waals surface area contributed by atoms with E-state index < -0.39 is 0 Å². The van der Waals surface area contributed by atoms with Crippen LogP contribution in [-0.2, 0) is 9.59 Å². The molecule has 0 radical (unpaired) electrons. The first-order valence-electron chi connectivity index (χ1n) is 12.2. The smallest absolute Gasteiger partial charge is 0.246 e. The first kappa shape index (κ1) is 25.5. The Morgan fingerprint density at radius 2 is 1.79 bits per heavy atom. The molecule has 2 aromatic rings. The number of carbonyl (C=O) groups excluding carboxylic acids is 2. The van der Waals surface area contributed by atoms with Crippen molar-refractivity contribution < 1.29 is 14.3 Å². The Labute approximate surface area is 203 Å². The number of likely N-dealkylation sites (tertiary alicyclic amines) is 1. The van der Waals surface area contributed by atoms with Crippen LogP contribution in [0.5, 0.6) is 5.75 Å². The highest BCUT2D eigenvalue weighted by Crippen LogP contribution is 2.24. The lowest BCUT2D eigenvalue weighted by Gasteiger charge is -2.33. The number of hydrogen-bond donors (Lipinski definition) is 1. The molecular weight excluding hydrogens is 426 g/mol. The number of piperidine rings is 1. The molecule has 34 heavy (non-hydrogen) atoms. The van der Waals surface area contributed by atoms with Gasteiger partial charge in [0.1, 0.15) is 5.75 Å². The van der Waals surface area contributed by atoms with Crippen LogP contribution in [0.25, 0.3) is 6.08 Å².